The first-order valence-electron chi connectivity index (χ1n) is 9.04. The largest absolute Gasteiger partial charge is 0.334 e. The summed E-state index contributed by atoms with van der Waals surface area (Å²) in [7, 11) is 0. The maximum atomic E-state index is 13.0. The third-order valence-electron chi connectivity index (χ3n) is 4.67. The van der Waals surface area contributed by atoms with Gasteiger partial charge in [-0.25, -0.2) is 4.79 Å². The first-order chi connectivity index (χ1) is 12.6. The molecule has 0 aliphatic carbocycles. The van der Waals surface area contributed by atoms with Gasteiger partial charge in [-0.3, -0.25) is 4.79 Å². The molecule has 5 nitrogen and oxygen atoms in total. The molecule has 0 saturated carbocycles. The van der Waals surface area contributed by atoms with Crippen LogP contribution >= 0.6 is 0 Å². The molecular weight excluding hydrogens is 326 g/mol. The molecule has 0 aromatic heterocycles. The van der Waals surface area contributed by atoms with Crippen LogP contribution in [0.1, 0.15) is 25.0 Å². The average molecular weight is 351 g/mol. The standard InChI is InChI=1S/C21H25N3O2/c1-15(2)19(23-21(26)22-14-16-8-4-3-5-9-16)20(25)24-13-12-17-10-6-7-11-18(17)24/h3-11,15,19H,12-14H2,1-2H3,(H2,22,23,26)/t19-/m0/s1. The van der Waals surface area contributed by atoms with Crippen molar-refractivity contribution in [3.8, 4) is 0 Å². The Labute approximate surface area is 154 Å². The molecule has 0 unspecified atom stereocenters. The highest BCUT2D eigenvalue weighted by Crippen LogP contribution is 2.28. The van der Waals surface area contributed by atoms with Crippen LogP contribution in [0.2, 0.25) is 0 Å². The van der Waals surface area contributed by atoms with Gasteiger partial charge in [0.2, 0.25) is 5.91 Å². The van der Waals surface area contributed by atoms with Gasteiger partial charge in [0.05, 0.1) is 0 Å². The van der Waals surface area contributed by atoms with Gasteiger partial charge in [0.1, 0.15) is 6.04 Å². The quantitative estimate of drug-likeness (QED) is 0.869. The van der Waals surface area contributed by atoms with Crippen LogP contribution < -0.4 is 15.5 Å². The van der Waals surface area contributed by atoms with E-state index in [4.69, 9.17) is 0 Å². The van der Waals surface area contributed by atoms with Crippen molar-refractivity contribution in [3.63, 3.8) is 0 Å². The lowest BCUT2D eigenvalue weighted by Crippen LogP contribution is -2.53. The Morgan fingerprint density at radius 3 is 2.46 bits per heavy atom. The molecule has 136 valence electrons. The van der Waals surface area contributed by atoms with Crippen molar-refractivity contribution in [2.45, 2.75) is 32.9 Å². The van der Waals surface area contributed by atoms with Gasteiger partial charge < -0.3 is 15.5 Å². The van der Waals surface area contributed by atoms with Crippen molar-refractivity contribution in [2.75, 3.05) is 11.4 Å². The molecule has 0 saturated heterocycles. The molecular formula is C21H25N3O2. The summed E-state index contributed by atoms with van der Waals surface area (Å²) in [6.07, 6.45) is 0.854. The fraction of sp³-hybridized carbons (Fsp3) is 0.333. The third kappa shape index (κ3) is 4.04. The summed E-state index contributed by atoms with van der Waals surface area (Å²) >= 11 is 0. The van der Waals surface area contributed by atoms with E-state index in [0.717, 1.165) is 17.7 Å². The molecule has 26 heavy (non-hydrogen) atoms. The lowest BCUT2D eigenvalue weighted by atomic mass is 10.0. The summed E-state index contributed by atoms with van der Waals surface area (Å²) in [5.74, 6) is -0.0578. The molecule has 0 fully saturated rings. The van der Waals surface area contributed by atoms with E-state index in [1.165, 1.54) is 5.56 Å². The molecule has 0 radical (unpaired) electrons. The monoisotopic (exact) mass is 351 g/mol. The predicted octanol–water partition coefficient (Wildman–Crippen LogP) is 3.10. The first kappa shape index (κ1) is 18.0. The summed E-state index contributed by atoms with van der Waals surface area (Å²) in [4.78, 5) is 27.1. The second-order valence-corrected chi connectivity index (χ2v) is 6.90. The molecule has 3 amide bonds. The second kappa shape index (κ2) is 8.04. The predicted molar refractivity (Wildman–Crippen MR) is 103 cm³/mol. The maximum Gasteiger partial charge on any atom is 0.315 e. The van der Waals surface area contributed by atoms with Crippen molar-refractivity contribution in [3.05, 3.63) is 65.7 Å². The molecule has 2 aromatic carbocycles. The number of anilines is 1. The Bertz CT molecular complexity index is 774. The topological polar surface area (TPSA) is 61.4 Å². The number of para-hydroxylation sites is 1. The van der Waals surface area contributed by atoms with Gasteiger partial charge in [-0.15, -0.1) is 0 Å². The van der Waals surface area contributed by atoms with Crippen LogP contribution in [0.4, 0.5) is 10.5 Å². The van der Waals surface area contributed by atoms with E-state index in [9.17, 15) is 9.59 Å². The van der Waals surface area contributed by atoms with E-state index >= 15 is 0 Å². The van der Waals surface area contributed by atoms with Gasteiger partial charge >= 0.3 is 6.03 Å². The van der Waals surface area contributed by atoms with Gasteiger partial charge in [-0.1, -0.05) is 62.4 Å². The zero-order valence-electron chi connectivity index (χ0n) is 15.2. The first-order valence-corrected chi connectivity index (χ1v) is 9.04. The number of nitrogens with zero attached hydrogens (tertiary/aromatic N) is 1. The molecule has 5 heteroatoms. The van der Waals surface area contributed by atoms with Crippen molar-refractivity contribution in [1.29, 1.82) is 0 Å². The Hall–Kier alpha value is -2.82. The Balaban J connectivity index is 1.64. The van der Waals surface area contributed by atoms with E-state index in [1.807, 2.05) is 68.4 Å². The molecule has 1 aliphatic heterocycles. The summed E-state index contributed by atoms with van der Waals surface area (Å²) in [5, 5.41) is 5.68. The lowest BCUT2D eigenvalue weighted by Gasteiger charge is -2.27. The van der Waals surface area contributed by atoms with Crippen LogP contribution in [0.3, 0.4) is 0 Å². The van der Waals surface area contributed by atoms with Gasteiger partial charge in [0, 0.05) is 18.8 Å². The molecule has 0 bridgehead atoms. The fourth-order valence-electron chi connectivity index (χ4n) is 3.22. The normalized spacial score (nSPS) is 14.0. The summed E-state index contributed by atoms with van der Waals surface area (Å²) in [6, 6.07) is 16.8. The lowest BCUT2D eigenvalue weighted by molar-refractivity contribution is -0.121. The molecule has 0 spiro atoms. The summed E-state index contributed by atoms with van der Waals surface area (Å²) in [5.41, 5.74) is 3.15. The summed E-state index contributed by atoms with van der Waals surface area (Å²) in [6.45, 7) is 4.98. The van der Waals surface area contributed by atoms with Crippen LogP contribution in [0.5, 0.6) is 0 Å². The number of benzene rings is 2. The van der Waals surface area contributed by atoms with E-state index in [1.54, 1.807) is 4.90 Å². The minimum atomic E-state index is -0.558. The zero-order chi connectivity index (χ0) is 18.5. The van der Waals surface area contributed by atoms with E-state index in [2.05, 4.69) is 10.6 Å². The number of nitrogens with one attached hydrogen (secondary N) is 2. The van der Waals surface area contributed by atoms with Crippen LogP contribution in [0.15, 0.2) is 54.6 Å². The fourth-order valence-corrected chi connectivity index (χ4v) is 3.22. The third-order valence-corrected chi connectivity index (χ3v) is 4.67. The number of hydrogen-bond donors (Lipinski definition) is 2. The van der Waals surface area contributed by atoms with Crippen molar-refractivity contribution in [2.24, 2.45) is 5.92 Å². The number of hydrogen-bond acceptors (Lipinski definition) is 2. The smallest absolute Gasteiger partial charge is 0.315 e. The Morgan fingerprint density at radius 2 is 1.73 bits per heavy atom. The molecule has 2 N–H and O–H groups in total. The number of fused-ring (bicyclic) bond motifs is 1. The van der Waals surface area contributed by atoms with Crippen LogP contribution in [0.25, 0.3) is 0 Å². The molecule has 1 atom stereocenters. The van der Waals surface area contributed by atoms with Gasteiger partial charge in [-0.05, 0) is 29.5 Å². The highest BCUT2D eigenvalue weighted by Gasteiger charge is 2.32. The number of amides is 3. The van der Waals surface area contributed by atoms with Crippen LogP contribution in [-0.2, 0) is 17.8 Å². The number of carbonyl (C=O) groups is 2. The van der Waals surface area contributed by atoms with E-state index < -0.39 is 6.04 Å². The molecule has 1 aliphatic rings. The van der Waals surface area contributed by atoms with E-state index in [-0.39, 0.29) is 17.9 Å². The highest BCUT2D eigenvalue weighted by molar-refractivity contribution is 6.00. The van der Waals surface area contributed by atoms with Crippen molar-refractivity contribution >= 4 is 17.6 Å². The average Bonchev–Trinajstić information content (AvgIpc) is 3.08. The number of rotatable bonds is 5. The second-order valence-electron chi connectivity index (χ2n) is 6.90. The Kier molecular flexibility index (Phi) is 5.56. The van der Waals surface area contributed by atoms with Crippen LogP contribution in [0, 0.1) is 5.92 Å². The van der Waals surface area contributed by atoms with Crippen molar-refractivity contribution < 1.29 is 9.59 Å². The van der Waals surface area contributed by atoms with E-state index in [0.29, 0.717) is 13.1 Å². The molecule has 1 heterocycles. The Morgan fingerprint density at radius 1 is 1.04 bits per heavy atom. The SMILES string of the molecule is CC(C)[C@H](NC(=O)NCc1ccccc1)C(=O)N1CCc2ccccc21. The number of urea groups is 1. The van der Waals surface area contributed by atoms with Crippen LogP contribution in [-0.4, -0.2) is 24.5 Å². The molecule has 3 rings (SSSR count). The van der Waals surface area contributed by atoms with Gasteiger partial charge in [0.15, 0.2) is 0 Å². The maximum absolute atomic E-state index is 13.0. The minimum absolute atomic E-state index is 0.00209. The number of carbonyl (C=O) groups excluding carboxylic acids is 2. The minimum Gasteiger partial charge on any atom is -0.334 e. The highest BCUT2D eigenvalue weighted by atomic mass is 16.2. The zero-order valence-corrected chi connectivity index (χ0v) is 15.2. The molecule has 2 aromatic rings. The van der Waals surface area contributed by atoms with Gasteiger partial charge in [0.25, 0.3) is 0 Å². The summed E-state index contributed by atoms with van der Waals surface area (Å²) < 4.78 is 0. The van der Waals surface area contributed by atoms with Gasteiger partial charge in [-0.2, -0.15) is 0 Å². The van der Waals surface area contributed by atoms with Crippen molar-refractivity contribution in [1.82, 2.24) is 10.6 Å².